The largest absolute Gasteiger partial charge is 0.361 e. The highest BCUT2D eigenvalue weighted by Gasteiger charge is 2.01. The van der Waals surface area contributed by atoms with Crippen LogP contribution in [0.2, 0.25) is 0 Å². The molecule has 1 aromatic heterocycles. The van der Waals surface area contributed by atoms with Crippen molar-refractivity contribution in [1.29, 1.82) is 0 Å². The van der Waals surface area contributed by atoms with Crippen LogP contribution >= 0.6 is 11.6 Å². The number of halogens is 1. The van der Waals surface area contributed by atoms with Gasteiger partial charge in [0.2, 0.25) is 5.91 Å². The number of carbonyl (C=O) groups excluding carboxylic acids is 1. The second-order valence-electron chi connectivity index (χ2n) is 2.34. The predicted molar refractivity (Wildman–Crippen MR) is 43.8 cm³/mol. The number of aryl methyl sites for hydroxylation is 1. The number of hydrogen-bond donors (Lipinski definition) is 1. The number of rotatable bonds is 3. The lowest BCUT2D eigenvalue weighted by Gasteiger charge is -1.96. The SMILES string of the molecule is Cc1cc(CNC(=O)CCl)no1. The van der Waals surface area contributed by atoms with E-state index in [9.17, 15) is 4.79 Å². The maximum atomic E-state index is 10.7. The molecule has 5 heteroatoms. The molecule has 1 amide bonds. The highest BCUT2D eigenvalue weighted by atomic mass is 35.5. The topological polar surface area (TPSA) is 55.1 Å². The first kappa shape index (κ1) is 9.06. The summed E-state index contributed by atoms with van der Waals surface area (Å²) in [5, 5.41) is 6.26. The number of nitrogens with zero attached hydrogens (tertiary/aromatic N) is 1. The molecule has 0 atom stereocenters. The quantitative estimate of drug-likeness (QED) is 0.716. The van der Waals surface area contributed by atoms with Crippen molar-refractivity contribution in [2.45, 2.75) is 13.5 Å². The van der Waals surface area contributed by atoms with Crippen molar-refractivity contribution in [2.75, 3.05) is 5.88 Å². The average molecular weight is 189 g/mol. The molecular weight excluding hydrogens is 180 g/mol. The molecule has 0 spiro atoms. The third kappa shape index (κ3) is 2.54. The Bertz CT molecular complexity index is 272. The van der Waals surface area contributed by atoms with Crippen molar-refractivity contribution in [1.82, 2.24) is 10.5 Å². The Kier molecular flexibility index (Phi) is 3.10. The molecule has 1 heterocycles. The van der Waals surface area contributed by atoms with Crippen molar-refractivity contribution in [3.63, 3.8) is 0 Å². The van der Waals surface area contributed by atoms with Crippen molar-refractivity contribution in [2.24, 2.45) is 0 Å². The molecule has 0 unspecified atom stereocenters. The van der Waals surface area contributed by atoms with Crippen LogP contribution < -0.4 is 5.32 Å². The van der Waals surface area contributed by atoms with Gasteiger partial charge in [0.05, 0.1) is 6.54 Å². The second-order valence-corrected chi connectivity index (χ2v) is 2.61. The Morgan fingerprint density at radius 1 is 1.83 bits per heavy atom. The minimum Gasteiger partial charge on any atom is -0.361 e. The number of amides is 1. The Labute approximate surface area is 74.9 Å². The van der Waals surface area contributed by atoms with Gasteiger partial charge in [-0.2, -0.15) is 0 Å². The molecule has 66 valence electrons. The first-order valence-electron chi connectivity index (χ1n) is 3.47. The summed E-state index contributed by atoms with van der Waals surface area (Å²) in [4.78, 5) is 10.7. The van der Waals surface area contributed by atoms with Crippen LogP contribution in [0.5, 0.6) is 0 Å². The standard InChI is InChI=1S/C7H9ClN2O2/c1-5-2-6(10-12-5)4-9-7(11)3-8/h2H,3-4H2,1H3,(H,9,11). The normalized spacial score (nSPS) is 9.83. The maximum Gasteiger partial charge on any atom is 0.235 e. The number of hydrogen-bond acceptors (Lipinski definition) is 3. The molecule has 0 aliphatic heterocycles. The number of alkyl halides is 1. The van der Waals surface area contributed by atoms with E-state index in [1.54, 1.807) is 13.0 Å². The van der Waals surface area contributed by atoms with Crippen LogP contribution in [-0.2, 0) is 11.3 Å². The van der Waals surface area contributed by atoms with Crippen LogP contribution in [0.4, 0.5) is 0 Å². The predicted octanol–water partition coefficient (Wildman–Crippen LogP) is 0.838. The first-order valence-corrected chi connectivity index (χ1v) is 4.00. The third-order valence-electron chi connectivity index (χ3n) is 1.26. The minimum absolute atomic E-state index is 0.0309. The van der Waals surface area contributed by atoms with E-state index in [2.05, 4.69) is 10.5 Å². The van der Waals surface area contributed by atoms with Gasteiger partial charge >= 0.3 is 0 Å². The summed E-state index contributed by atoms with van der Waals surface area (Å²) in [6, 6.07) is 1.76. The molecule has 4 nitrogen and oxygen atoms in total. The lowest BCUT2D eigenvalue weighted by molar-refractivity contribution is -0.118. The maximum absolute atomic E-state index is 10.7. The molecule has 0 bridgehead atoms. The van der Waals surface area contributed by atoms with Crippen LogP contribution in [0.25, 0.3) is 0 Å². The highest BCUT2D eigenvalue weighted by Crippen LogP contribution is 2.00. The first-order chi connectivity index (χ1) is 5.72. The summed E-state index contributed by atoms with van der Waals surface area (Å²) < 4.78 is 4.80. The van der Waals surface area contributed by atoms with Gasteiger partial charge in [0.1, 0.15) is 17.3 Å². The van der Waals surface area contributed by atoms with Gasteiger partial charge in [0.25, 0.3) is 0 Å². The summed E-state index contributed by atoms with van der Waals surface area (Å²) in [7, 11) is 0. The monoisotopic (exact) mass is 188 g/mol. The van der Waals surface area contributed by atoms with Gasteiger partial charge in [0, 0.05) is 6.07 Å². The van der Waals surface area contributed by atoms with E-state index in [1.165, 1.54) is 0 Å². The minimum atomic E-state index is -0.211. The van der Waals surface area contributed by atoms with Crippen molar-refractivity contribution in [3.05, 3.63) is 17.5 Å². The second kappa shape index (κ2) is 4.11. The zero-order valence-corrected chi connectivity index (χ0v) is 7.39. The van der Waals surface area contributed by atoms with Gasteiger partial charge in [-0.3, -0.25) is 4.79 Å². The Balaban J connectivity index is 2.38. The molecule has 12 heavy (non-hydrogen) atoms. The average Bonchev–Trinajstić information content (AvgIpc) is 2.47. The van der Waals surface area contributed by atoms with Gasteiger partial charge in [0.15, 0.2) is 0 Å². The third-order valence-corrected chi connectivity index (χ3v) is 1.51. The summed E-state index contributed by atoms with van der Waals surface area (Å²) in [6.45, 7) is 2.16. The van der Waals surface area contributed by atoms with E-state index in [0.717, 1.165) is 5.76 Å². The summed E-state index contributed by atoms with van der Waals surface area (Å²) in [5.74, 6) is 0.485. The molecule has 1 rings (SSSR count). The molecular formula is C7H9ClN2O2. The molecule has 0 fully saturated rings. The zero-order valence-electron chi connectivity index (χ0n) is 6.63. The molecule has 0 aliphatic rings. The van der Waals surface area contributed by atoms with Gasteiger partial charge in [-0.15, -0.1) is 11.6 Å². The summed E-state index contributed by atoms with van der Waals surface area (Å²) in [5.41, 5.74) is 0.700. The molecule has 0 aliphatic carbocycles. The lowest BCUT2D eigenvalue weighted by Crippen LogP contribution is -2.23. The van der Waals surface area contributed by atoms with E-state index in [1.807, 2.05) is 0 Å². The van der Waals surface area contributed by atoms with Crippen LogP contribution in [0.15, 0.2) is 10.6 Å². The smallest absolute Gasteiger partial charge is 0.235 e. The lowest BCUT2D eigenvalue weighted by atomic mass is 10.4. The molecule has 0 saturated carbocycles. The van der Waals surface area contributed by atoms with Crippen LogP contribution in [0.3, 0.4) is 0 Å². The molecule has 0 radical (unpaired) electrons. The van der Waals surface area contributed by atoms with Crippen molar-refractivity contribution < 1.29 is 9.32 Å². The molecule has 1 N–H and O–H groups in total. The van der Waals surface area contributed by atoms with Gasteiger partial charge < -0.3 is 9.84 Å². The summed E-state index contributed by atoms with van der Waals surface area (Å²) in [6.07, 6.45) is 0. The van der Waals surface area contributed by atoms with E-state index in [0.29, 0.717) is 12.2 Å². The van der Waals surface area contributed by atoms with Crippen molar-refractivity contribution in [3.8, 4) is 0 Å². The Morgan fingerprint density at radius 3 is 3.08 bits per heavy atom. The molecule has 1 aromatic rings. The molecule has 0 saturated heterocycles. The van der Waals surface area contributed by atoms with E-state index in [-0.39, 0.29) is 11.8 Å². The fourth-order valence-corrected chi connectivity index (χ4v) is 0.832. The van der Waals surface area contributed by atoms with Gasteiger partial charge in [-0.1, -0.05) is 5.16 Å². The number of nitrogens with one attached hydrogen (secondary N) is 1. The number of carbonyl (C=O) groups is 1. The van der Waals surface area contributed by atoms with E-state index in [4.69, 9.17) is 16.1 Å². The van der Waals surface area contributed by atoms with E-state index < -0.39 is 0 Å². The fraction of sp³-hybridized carbons (Fsp3) is 0.429. The highest BCUT2D eigenvalue weighted by molar-refractivity contribution is 6.27. The Hall–Kier alpha value is -1.03. The van der Waals surface area contributed by atoms with Crippen LogP contribution in [-0.4, -0.2) is 16.9 Å². The van der Waals surface area contributed by atoms with Crippen LogP contribution in [0.1, 0.15) is 11.5 Å². The van der Waals surface area contributed by atoms with E-state index >= 15 is 0 Å². The Morgan fingerprint density at radius 2 is 2.58 bits per heavy atom. The molecule has 0 aromatic carbocycles. The van der Waals surface area contributed by atoms with Crippen LogP contribution in [0, 0.1) is 6.92 Å². The fourth-order valence-electron chi connectivity index (χ4n) is 0.738. The number of aromatic nitrogens is 1. The van der Waals surface area contributed by atoms with Crippen molar-refractivity contribution >= 4 is 17.5 Å². The zero-order chi connectivity index (χ0) is 8.97. The summed E-state index contributed by atoms with van der Waals surface area (Å²) >= 11 is 5.27. The van der Waals surface area contributed by atoms with Gasteiger partial charge in [-0.05, 0) is 6.92 Å². The van der Waals surface area contributed by atoms with Gasteiger partial charge in [-0.25, -0.2) is 0 Å².